The van der Waals surface area contributed by atoms with Gasteiger partial charge in [-0.1, -0.05) is 80.1 Å². The van der Waals surface area contributed by atoms with Gasteiger partial charge in [0.1, 0.15) is 0 Å². The van der Waals surface area contributed by atoms with Gasteiger partial charge >= 0.3 is 0 Å². The summed E-state index contributed by atoms with van der Waals surface area (Å²) in [7, 11) is 0. The van der Waals surface area contributed by atoms with Crippen molar-refractivity contribution in [2.24, 2.45) is 0 Å². The predicted molar refractivity (Wildman–Crippen MR) is 152 cm³/mol. The van der Waals surface area contributed by atoms with Gasteiger partial charge in [0.2, 0.25) is 0 Å². The van der Waals surface area contributed by atoms with E-state index >= 15 is 0 Å². The number of aliphatic hydroxyl groups excluding tert-OH is 1. The fourth-order valence-corrected chi connectivity index (χ4v) is 5.66. The van der Waals surface area contributed by atoms with Crippen molar-refractivity contribution in [3.8, 4) is 5.69 Å². The van der Waals surface area contributed by atoms with Crippen LogP contribution in [0.1, 0.15) is 60.3 Å². The van der Waals surface area contributed by atoms with Gasteiger partial charge in [0.05, 0.1) is 23.9 Å². The number of aromatic nitrogens is 1. The molecule has 1 aliphatic heterocycles. The van der Waals surface area contributed by atoms with Crippen LogP contribution in [0.25, 0.3) is 16.5 Å². The fraction of sp³-hybridized carbons (Fsp3) is 0.312. The van der Waals surface area contributed by atoms with E-state index in [0.717, 1.165) is 43.5 Å². The summed E-state index contributed by atoms with van der Waals surface area (Å²) in [5.41, 5.74) is 2.79. The highest BCUT2D eigenvalue weighted by Gasteiger charge is 2.29. The molecule has 3 aromatic carbocycles. The second-order valence-electron chi connectivity index (χ2n) is 9.99. The molecule has 1 aromatic heterocycles. The van der Waals surface area contributed by atoms with Crippen molar-refractivity contribution in [1.82, 2.24) is 14.8 Å². The van der Waals surface area contributed by atoms with Crippen molar-refractivity contribution < 1.29 is 9.90 Å². The molecule has 0 bridgehead atoms. The molecule has 4 aromatic rings. The fourth-order valence-electron chi connectivity index (χ4n) is 5.66. The lowest BCUT2D eigenvalue weighted by Gasteiger charge is -2.35. The number of pyridine rings is 1. The molecule has 0 radical (unpaired) electrons. The Bertz CT molecular complexity index is 1450. The summed E-state index contributed by atoms with van der Waals surface area (Å²) < 4.78 is 1.70. The average molecular weight is 510 g/mol. The van der Waals surface area contributed by atoms with Crippen LogP contribution >= 0.6 is 0 Å². The van der Waals surface area contributed by atoms with E-state index in [-0.39, 0.29) is 30.2 Å². The van der Waals surface area contributed by atoms with E-state index in [1.165, 1.54) is 0 Å². The zero-order valence-corrected chi connectivity index (χ0v) is 21.8. The zero-order valence-electron chi connectivity index (χ0n) is 21.8. The van der Waals surface area contributed by atoms with E-state index in [1.54, 1.807) is 10.6 Å². The molecular formula is C32H35N3O3. The van der Waals surface area contributed by atoms with Crippen LogP contribution in [0.15, 0.2) is 89.7 Å². The Kier molecular flexibility index (Phi) is 8.01. The van der Waals surface area contributed by atoms with Gasteiger partial charge in [0.15, 0.2) is 0 Å². The predicted octanol–water partition coefficient (Wildman–Crippen LogP) is 5.22. The first kappa shape index (κ1) is 25.9. The monoisotopic (exact) mass is 509 g/mol. The summed E-state index contributed by atoms with van der Waals surface area (Å²) in [6.07, 6.45) is 3.72. The Morgan fingerprint density at radius 1 is 0.947 bits per heavy atom. The van der Waals surface area contributed by atoms with Crippen LogP contribution in [0.5, 0.6) is 0 Å². The Morgan fingerprint density at radius 2 is 1.61 bits per heavy atom. The standard InChI is InChI=1S/C32H35N3O3/c1-2-28(23-13-5-3-6-14-23)33-31(37)30-26-18-9-10-19-27(26)32(38)35(24-15-7-4-8-16-24)29(30)21-34-20-12-11-17-25(34)22-36/h3-10,13-16,18-19,25,28,36H,2,11-12,17,20-22H2,1H3,(H,33,37)/t25?,28-/m0/s1. The molecule has 1 aliphatic rings. The lowest BCUT2D eigenvalue weighted by Crippen LogP contribution is -2.43. The molecule has 196 valence electrons. The zero-order chi connectivity index (χ0) is 26.5. The minimum atomic E-state index is -0.200. The molecule has 2 heterocycles. The van der Waals surface area contributed by atoms with E-state index in [1.807, 2.05) is 78.9 Å². The summed E-state index contributed by atoms with van der Waals surface area (Å²) >= 11 is 0. The number of likely N-dealkylation sites (tertiary alicyclic amines) is 1. The number of nitrogens with one attached hydrogen (secondary N) is 1. The maximum Gasteiger partial charge on any atom is 0.263 e. The largest absolute Gasteiger partial charge is 0.395 e. The maximum atomic E-state index is 14.2. The van der Waals surface area contributed by atoms with E-state index in [4.69, 9.17) is 0 Å². The van der Waals surface area contributed by atoms with Crippen LogP contribution < -0.4 is 10.9 Å². The van der Waals surface area contributed by atoms with Crippen molar-refractivity contribution in [2.45, 2.75) is 51.2 Å². The number of piperidine rings is 1. The van der Waals surface area contributed by atoms with Gasteiger partial charge in [0.25, 0.3) is 11.5 Å². The van der Waals surface area contributed by atoms with Crippen LogP contribution in [-0.4, -0.2) is 39.7 Å². The third-order valence-electron chi connectivity index (χ3n) is 7.66. The molecule has 2 N–H and O–H groups in total. The third-order valence-corrected chi connectivity index (χ3v) is 7.66. The Labute approximate surface area is 223 Å². The number of hydrogen-bond donors (Lipinski definition) is 2. The number of rotatable bonds is 8. The molecule has 1 fully saturated rings. The highest BCUT2D eigenvalue weighted by molar-refractivity contribution is 6.08. The number of nitrogens with zero attached hydrogens (tertiary/aromatic N) is 2. The third kappa shape index (κ3) is 5.15. The molecular weight excluding hydrogens is 474 g/mol. The molecule has 0 saturated carbocycles. The van der Waals surface area contributed by atoms with E-state index < -0.39 is 0 Å². The van der Waals surface area contributed by atoms with Gasteiger partial charge in [-0.15, -0.1) is 0 Å². The number of para-hydroxylation sites is 1. The molecule has 2 atom stereocenters. The van der Waals surface area contributed by atoms with E-state index in [9.17, 15) is 14.7 Å². The summed E-state index contributed by atoms with van der Waals surface area (Å²) in [4.78, 5) is 30.4. The van der Waals surface area contributed by atoms with Crippen LogP contribution in [0.2, 0.25) is 0 Å². The quantitative estimate of drug-likeness (QED) is 0.342. The summed E-state index contributed by atoms with van der Waals surface area (Å²) in [5.74, 6) is -0.200. The normalized spacial score (nSPS) is 16.8. The number of hydrogen-bond acceptors (Lipinski definition) is 4. The number of aliphatic hydroxyl groups is 1. The molecule has 6 nitrogen and oxygen atoms in total. The first-order valence-corrected chi connectivity index (χ1v) is 13.5. The van der Waals surface area contributed by atoms with Crippen molar-refractivity contribution in [2.75, 3.05) is 13.2 Å². The van der Waals surface area contributed by atoms with Crippen LogP contribution in [-0.2, 0) is 6.54 Å². The topological polar surface area (TPSA) is 74.6 Å². The lowest BCUT2D eigenvalue weighted by molar-refractivity contribution is 0.0812. The molecule has 0 spiro atoms. The Balaban J connectivity index is 1.71. The van der Waals surface area contributed by atoms with Crippen molar-refractivity contribution in [3.05, 3.63) is 112 Å². The van der Waals surface area contributed by atoms with E-state index in [2.05, 4.69) is 17.1 Å². The smallest absolute Gasteiger partial charge is 0.263 e. The van der Waals surface area contributed by atoms with Crippen molar-refractivity contribution in [3.63, 3.8) is 0 Å². The first-order chi connectivity index (χ1) is 18.6. The summed E-state index contributed by atoms with van der Waals surface area (Å²) in [6, 6.07) is 26.7. The van der Waals surface area contributed by atoms with Crippen molar-refractivity contribution >= 4 is 16.7 Å². The Morgan fingerprint density at radius 3 is 2.29 bits per heavy atom. The van der Waals surface area contributed by atoms with Gasteiger partial charge in [-0.05, 0) is 49.6 Å². The van der Waals surface area contributed by atoms with Gasteiger partial charge in [-0.2, -0.15) is 0 Å². The number of carbonyl (C=O) groups is 1. The number of fused-ring (bicyclic) bond motifs is 1. The molecule has 0 aliphatic carbocycles. The number of amides is 1. The molecule has 1 saturated heterocycles. The molecule has 1 unspecified atom stereocenters. The van der Waals surface area contributed by atoms with Crippen LogP contribution in [0.3, 0.4) is 0 Å². The molecule has 1 amide bonds. The highest BCUT2D eigenvalue weighted by atomic mass is 16.3. The second-order valence-corrected chi connectivity index (χ2v) is 9.99. The van der Waals surface area contributed by atoms with Gasteiger partial charge < -0.3 is 10.4 Å². The van der Waals surface area contributed by atoms with Gasteiger partial charge in [-0.25, -0.2) is 0 Å². The highest BCUT2D eigenvalue weighted by Crippen LogP contribution is 2.28. The molecule has 6 heteroatoms. The maximum absolute atomic E-state index is 14.2. The molecule has 5 rings (SSSR count). The minimum absolute atomic E-state index is 0.00170. The Hall–Kier alpha value is -3.74. The molecule has 38 heavy (non-hydrogen) atoms. The summed E-state index contributed by atoms with van der Waals surface area (Å²) in [5, 5.41) is 14.5. The minimum Gasteiger partial charge on any atom is -0.395 e. The van der Waals surface area contributed by atoms with Crippen LogP contribution in [0, 0.1) is 0 Å². The average Bonchev–Trinajstić information content (AvgIpc) is 2.97. The van der Waals surface area contributed by atoms with Crippen LogP contribution in [0.4, 0.5) is 0 Å². The number of carbonyl (C=O) groups excluding carboxylic acids is 1. The lowest BCUT2D eigenvalue weighted by atomic mass is 9.98. The first-order valence-electron chi connectivity index (χ1n) is 13.5. The second kappa shape index (κ2) is 11.8. The SMILES string of the molecule is CC[C@H](NC(=O)c1c(CN2CCCCC2CO)n(-c2ccccc2)c(=O)c2ccccc12)c1ccccc1. The van der Waals surface area contributed by atoms with Crippen molar-refractivity contribution in [1.29, 1.82) is 0 Å². The van der Waals surface area contributed by atoms with E-state index in [0.29, 0.717) is 28.6 Å². The summed E-state index contributed by atoms with van der Waals surface area (Å²) in [6.45, 7) is 3.31. The number of benzene rings is 3. The van der Waals surface area contributed by atoms with Gasteiger partial charge in [-0.3, -0.25) is 19.1 Å². The van der Waals surface area contributed by atoms with Gasteiger partial charge in [0, 0.05) is 29.0 Å².